The number of nitrogens with zero attached hydrogens (tertiary/aromatic N) is 2. The number of halogens is 2. The Kier molecular flexibility index (Phi) is 23.6. The Morgan fingerprint density at radius 1 is 0.731 bits per heavy atom. The molecule has 2 saturated heterocycles. The molecule has 0 radical (unpaired) electrons. The molecule has 10 N–H and O–H groups in total. The molecule has 2 heterocycles. The Labute approximate surface area is 467 Å². The van der Waals surface area contributed by atoms with Gasteiger partial charge in [-0.2, -0.15) is 0 Å². The summed E-state index contributed by atoms with van der Waals surface area (Å²) in [6.45, 7) is 7.95. The number of aliphatic hydroxyl groups is 1. The Hall–Kier alpha value is -6.65. The molecule has 3 aromatic carbocycles. The van der Waals surface area contributed by atoms with Gasteiger partial charge in [0, 0.05) is 42.7 Å². The van der Waals surface area contributed by atoms with Crippen LogP contribution in [0, 0.1) is 5.41 Å². The van der Waals surface area contributed by atoms with E-state index in [2.05, 4.69) is 37.2 Å². The highest BCUT2D eigenvalue weighted by Crippen LogP contribution is 2.32. The largest absolute Gasteiger partial charge is 0.469 e. The third-order valence-corrected chi connectivity index (χ3v) is 14.4. The van der Waals surface area contributed by atoms with Gasteiger partial charge in [-0.15, -0.1) is 24.8 Å². The lowest BCUT2D eigenvalue weighted by Gasteiger charge is -2.36. The van der Waals surface area contributed by atoms with Gasteiger partial charge in [0.15, 0.2) is 0 Å². The average molecular weight is 1120 g/mol. The van der Waals surface area contributed by atoms with Crippen molar-refractivity contribution in [1.29, 1.82) is 0 Å². The summed E-state index contributed by atoms with van der Waals surface area (Å²) in [6.07, 6.45) is 1.96. The van der Waals surface area contributed by atoms with Gasteiger partial charge in [0.1, 0.15) is 30.2 Å². The molecule has 6 rings (SSSR count). The van der Waals surface area contributed by atoms with Gasteiger partial charge in [-0.05, 0) is 99.7 Å². The van der Waals surface area contributed by atoms with Crippen molar-refractivity contribution in [2.45, 2.75) is 140 Å². The number of amides is 8. The summed E-state index contributed by atoms with van der Waals surface area (Å²) < 4.78 is 4.76. The fourth-order valence-electron chi connectivity index (χ4n) is 9.91. The van der Waals surface area contributed by atoms with E-state index in [1.807, 2.05) is 75.4 Å². The zero-order chi connectivity index (χ0) is 55.4. The summed E-state index contributed by atoms with van der Waals surface area (Å²) >= 11 is 0. The van der Waals surface area contributed by atoms with E-state index >= 15 is 0 Å². The second kappa shape index (κ2) is 28.8. The number of nitrogens with one attached hydrogen (secondary N) is 7. The molecule has 0 bridgehead atoms. The first-order valence-electron chi connectivity index (χ1n) is 25.9. The van der Waals surface area contributed by atoms with Crippen molar-refractivity contribution in [3.05, 3.63) is 107 Å². The summed E-state index contributed by atoms with van der Waals surface area (Å²) in [4.78, 5) is 127. The Balaban J connectivity index is 0.00000656. The van der Waals surface area contributed by atoms with Crippen LogP contribution in [0.3, 0.4) is 0 Å². The molecule has 0 saturated carbocycles. The van der Waals surface area contributed by atoms with Crippen LogP contribution in [0.2, 0.25) is 0 Å². The van der Waals surface area contributed by atoms with E-state index in [0.717, 1.165) is 29.5 Å². The van der Waals surface area contributed by atoms with Crippen molar-refractivity contribution in [3.8, 4) is 0 Å². The van der Waals surface area contributed by atoms with Crippen molar-refractivity contribution in [2.75, 3.05) is 33.9 Å². The first-order valence-corrected chi connectivity index (χ1v) is 25.9. The van der Waals surface area contributed by atoms with E-state index in [0.29, 0.717) is 6.42 Å². The minimum absolute atomic E-state index is 0. The van der Waals surface area contributed by atoms with Crippen molar-refractivity contribution in [3.63, 3.8) is 0 Å². The number of aryl methyl sites for hydroxylation is 1. The van der Waals surface area contributed by atoms with E-state index < -0.39 is 120 Å². The number of aliphatic hydroxyl groups excluding tert-OH is 1. The smallest absolute Gasteiger partial charge is 0.305 e. The SMILES string of the molecule is CN[C@@H](C)C(=O)NC(C(=O)N1C[C@@H](NC(=O)c2cccc(C(=O)N[C@H]3C[C@@H](C(=O)N[C@H](C)c4ccccc4)N(C(=O)[C@H](CCC(=O)OC)NC(=O)[C@@H](N)CO)C3)c2)C[C@H]1C(=O)N[C@@H]1CCCc2ccccc21)C(C)(C)C.Cl.Cl. The molecule has 2 aliphatic heterocycles. The number of hydrogen-bond donors (Lipinski definition) is 9. The van der Waals surface area contributed by atoms with Gasteiger partial charge in [0.25, 0.3) is 11.8 Å². The van der Waals surface area contributed by atoms with Gasteiger partial charge in [0.2, 0.25) is 35.4 Å². The first-order chi connectivity index (χ1) is 36.1. The third-order valence-electron chi connectivity index (χ3n) is 14.4. The number of likely N-dealkylation sites (tertiary alicyclic amines) is 2. The molecule has 0 aromatic heterocycles. The maximum Gasteiger partial charge on any atom is 0.305 e. The van der Waals surface area contributed by atoms with Crippen LogP contribution in [0.5, 0.6) is 0 Å². The number of fused-ring (bicyclic) bond motifs is 1. The number of nitrogens with two attached hydrogens (primary N) is 1. The lowest BCUT2D eigenvalue weighted by atomic mass is 9.85. The van der Waals surface area contributed by atoms with E-state index in [1.54, 1.807) is 20.9 Å². The molecule has 10 atom stereocenters. The molecule has 3 aromatic rings. The normalized spacial score (nSPS) is 20.6. The van der Waals surface area contributed by atoms with Gasteiger partial charge in [-0.3, -0.25) is 43.2 Å². The molecule has 8 amide bonds. The van der Waals surface area contributed by atoms with Gasteiger partial charge in [-0.25, -0.2) is 0 Å². The third kappa shape index (κ3) is 16.2. The molecule has 78 heavy (non-hydrogen) atoms. The number of likely N-dealkylation sites (N-methyl/N-ethyl adjacent to an activating group) is 1. The molecule has 0 spiro atoms. The predicted octanol–water partition coefficient (Wildman–Crippen LogP) is 1.90. The van der Waals surface area contributed by atoms with E-state index in [9.17, 15) is 48.3 Å². The van der Waals surface area contributed by atoms with Crippen LogP contribution < -0.4 is 43.0 Å². The maximum atomic E-state index is 14.7. The predicted molar refractivity (Wildman–Crippen MR) is 295 cm³/mol. The quantitative estimate of drug-likeness (QED) is 0.0732. The Morgan fingerprint density at radius 2 is 1.31 bits per heavy atom. The number of ether oxygens (including phenoxy) is 1. The lowest BCUT2D eigenvalue weighted by molar-refractivity contribution is -0.144. The molecular weight excluding hydrogens is 1050 g/mol. The summed E-state index contributed by atoms with van der Waals surface area (Å²) in [6, 6.07) is 14.1. The van der Waals surface area contributed by atoms with Crippen LogP contribution in [0.15, 0.2) is 78.9 Å². The fourth-order valence-corrected chi connectivity index (χ4v) is 9.91. The molecule has 3 aliphatic rings. The van der Waals surface area contributed by atoms with Crippen LogP contribution in [0.1, 0.15) is 123 Å². The van der Waals surface area contributed by atoms with Crippen LogP contribution >= 0.6 is 24.8 Å². The van der Waals surface area contributed by atoms with E-state index in [-0.39, 0.29) is 80.8 Å². The molecule has 1 unspecified atom stereocenters. The lowest BCUT2D eigenvalue weighted by Crippen LogP contribution is -2.59. The molecule has 23 heteroatoms. The average Bonchev–Trinajstić information content (AvgIpc) is 4.05. The standard InChI is InChI=1S/C55H74N10O11.2ClH/c1-31(33-15-9-8-10-16-33)58-51(72)43-26-37(28-64(43)53(74)42(23-24-45(67)76-7)62-50(71)40(56)30-66)59-48(69)35-19-13-20-36(25-35)49(70)60-38-27-44(52(73)61-41-22-14-18-34-17-11-12-21-39(34)41)65(29-38)54(75)46(55(3,4)5)63-47(68)32(2)57-6;;/h8-13,15-17,19-21,25,31-32,37-38,40-44,46,57,66H,14,18,22-24,26-30,56H2,1-7H3,(H,58,72)(H,59,69)(H,60,70)(H,61,73)(H,62,71)(H,63,68);2*1H/t31-,32+,37+,38+,40+,41-,42+,43+,44+,46?;;/m1../s1. The van der Waals surface area contributed by atoms with Gasteiger partial charge in [-0.1, -0.05) is 81.4 Å². The molecule has 2 fully saturated rings. The Bertz CT molecular complexity index is 2620. The number of esters is 1. The fraction of sp³-hybridized carbons (Fsp3) is 0.509. The molecule has 1 aliphatic carbocycles. The van der Waals surface area contributed by atoms with Crippen molar-refractivity contribution in [1.82, 2.24) is 47.0 Å². The van der Waals surface area contributed by atoms with Crippen LogP contribution in [-0.2, 0) is 44.7 Å². The topological polar surface area (TPSA) is 300 Å². The minimum Gasteiger partial charge on any atom is -0.469 e. The molecular formula is C55H76Cl2N10O11. The van der Waals surface area contributed by atoms with Crippen LogP contribution in [0.4, 0.5) is 0 Å². The minimum atomic E-state index is -1.38. The highest BCUT2D eigenvalue weighted by atomic mass is 35.5. The zero-order valence-electron chi connectivity index (χ0n) is 45.2. The zero-order valence-corrected chi connectivity index (χ0v) is 46.8. The number of hydrogen-bond acceptors (Lipinski definition) is 13. The summed E-state index contributed by atoms with van der Waals surface area (Å²) in [5.74, 6) is -5.28. The van der Waals surface area contributed by atoms with Gasteiger partial charge in [0.05, 0.1) is 31.8 Å². The maximum absolute atomic E-state index is 14.7. The first kappa shape index (κ1) is 63.9. The highest BCUT2D eigenvalue weighted by Gasteiger charge is 2.47. The van der Waals surface area contributed by atoms with Crippen molar-refractivity contribution in [2.24, 2.45) is 11.1 Å². The molecule has 21 nitrogen and oxygen atoms in total. The van der Waals surface area contributed by atoms with Crippen LogP contribution in [0.25, 0.3) is 0 Å². The number of carbonyl (C=O) groups excluding carboxylic acids is 9. The number of methoxy groups -OCH3 is 1. The van der Waals surface area contributed by atoms with Crippen molar-refractivity contribution >= 4 is 78.0 Å². The Morgan fingerprint density at radius 3 is 1.88 bits per heavy atom. The van der Waals surface area contributed by atoms with Gasteiger partial charge >= 0.3 is 5.97 Å². The summed E-state index contributed by atoms with van der Waals surface area (Å²) in [7, 11) is 2.81. The van der Waals surface area contributed by atoms with Crippen LogP contribution in [-0.4, -0.2) is 150 Å². The summed E-state index contributed by atoms with van der Waals surface area (Å²) in [5.41, 5.74) is 8.10. The van der Waals surface area contributed by atoms with E-state index in [4.69, 9.17) is 10.5 Å². The second-order valence-electron chi connectivity index (χ2n) is 21.0. The second-order valence-corrected chi connectivity index (χ2v) is 21.0. The number of benzene rings is 3. The number of carbonyl (C=O) groups is 9. The monoisotopic (exact) mass is 1120 g/mol. The van der Waals surface area contributed by atoms with E-state index in [1.165, 1.54) is 41.2 Å². The van der Waals surface area contributed by atoms with Gasteiger partial charge < -0.3 is 62.6 Å². The summed E-state index contributed by atoms with van der Waals surface area (Å²) in [5, 5.41) is 29.8. The highest BCUT2D eigenvalue weighted by molar-refractivity contribution is 6.01. The number of rotatable bonds is 20. The van der Waals surface area contributed by atoms with Crippen molar-refractivity contribution < 1.29 is 53.0 Å². The molecule has 426 valence electrons.